The summed E-state index contributed by atoms with van der Waals surface area (Å²) in [4.78, 5) is 7.05. The minimum atomic E-state index is -3.63. The van der Waals surface area contributed by atoms with Gasteiger partial charge >= 0.3 is 0 Å². The number of sulfonamides is 1. The van der Waals surface area contributed by atoms with Crippen molar-refractivity contribution < 1.29 is 18.0 Å². The summed E-state index contributed by atoms with van der Waals surface area (Å²) in [6.45, 7) is 4.29. The van der Waals surface area contributed by atoms with Gasteiger partial charge in [-0.2, -0.15) is 4.31 Å². The number of hydrogen-bond donors (Lipinski definition) is 0. The molecule has 1 aliphatic heterocycles. The molecule has 0 saturated carbocycles. The Balaban J connectivity index is 1.55. The van der Waals surface area contributed by atoms with Gasteiger partial charge in [-0.3, -0.25) is 0 Å². The minimum Gasteiger partial charge on any atom is -0.387 e. The van der Waals surface area contributed by atoms with Crippen LogP contribution >= 0.6 is 0 Å². The maximum Gasteiger partial charge on any atom is 0.243 e. The Labute approximate surface area is 167 Å². The molecule has 0 radical (unpaired) electrons. The van der Waals surface area contributed by atoms with Gasteiger partial charge in [0.15, 0.2) is 12.4 Å². The van der Waals surface area contributed by atoms with Gasteiger partial charge in [0.1, 0.15) is 11.0 Å². The molecule has 12 nitrogen and oxygen atoms in total. The molecule has 4 rings (SSSR count). The highest BCUT2D eigenvalue weighted by Gasteiger charge is 2.27. The summed E-state index contributed by atoms with van der Waals surface area (Å²) in [5.41, 5.74) is 0.975. The van der Waals surface area contributed by atoms with Gasteiger partial charge in [-0.1, -0.05) is 18.2 Å². The Kier molecular flexibility index (Phi) is 5.69. The normalized spacial score (nSPS) is 15.8. The molecule has 3 heterocycles. The van der Waals surface area contributed by atoms with E-state index in [0.29, 0.717) is 49.7 Å². The topological polar surface area (TPSA) is 130 Å². The second-order valence-electron chi connectivity index (χ2n) is 6.57. The Morgan fingerprint density at radius 3 is 2.79 bits per heavy atom. The van der Waals surface area contributed by atoms with E-state index in [0.717, 1.165) is 12.8 Å². The van der Waals surface area contributed by atoms with Crippen molar-refractivity contribution in [2.24, 2.45) is 0 Å². The Hall–Kier alpha value is -2.64. The van der Waals surface area contributed by atoms with Crippen LogP contribution in [0.25, 0.3) is 11.0 Å². The van der Waals surface area contributed by atoms with Crippen molar-refractivity contribution in [3.8, 4) is 0 Å². The van der Waals surface area contributed by atoms with Crippen molar-refractivity contribution in [1.82, 2.24) is 39.7 Å². The van der Waals surface area contributed by atoms with Crippen molar-refractivity contribution in [3.05, 3.63) is 24.0 Å². The lowest BCUT2D eigenvalue weighted by atomic mass is 10.3. The van der Waals surface area contributed by atoms with Crippen molar-refractivity contribution in [1.29, 1.82) is 0 Å². The number of unbranched alkanes of at least 4 members (excludes halogenated alkanes) is 1. The zero-order chi connectivity index (χ0) is 20.3. The first-order valence-corrected chi connectivity index (χ1v) is 10.9. The van der Waals surface area contributed by atoms with Crippen LogP contribution in [0.3, 0.4) is 0 Å². The zero-order valence-electron chi connectivity index (χ0n) is 16.0. The van der Waals surface area contributed by atoms with E-state index in [4.69, 9.17) is 9.57 Å². The lowest BCUT2D eigenvalue weighted by Gasteiger charge is -2.26. The van der Waals surface area contributed by atoms with E-state index in [9.17, 15) is 8.42 Å². The maximum absolute atomic E-state index is 12.9. The van der Waals surface area contributed by atoms with E-state index in [1.165, 1.54) is 21.3 Å². The van der Waals surface area contributed by atoms with Gasteiger partial charge < -0.3 is 9.57 Å². The highest BCUT2D eigenvalue weighted by Crippen LogP contribution is 2.21. The number of benzene rings is 1. The zero-order valence-corrected chi connectivity index (χ0v) is 16.8. The number of fused-ring (bicyclic) bond motifs is 1. The summed E-state index contributed by atoms with van der Waals surface area (Å²) >= 11 is 0. The molecule has 1 aliphatic rings. The molecular weight excluding hydrogens is 400 g/mol. The summed E-state index contributed by atoms with van der Waals surface area (Å²) < 4.78 is 34.1. The van der Waals surface area contributed by atoms with Gasteiger partial charge in [-0.25, -0.2) is 13.1 Å². The summed E-state index contributed by atoms with van der Waals surface area (Å²) in [7, 11) is -3.63. The van der Waals surface area contributed by atoms with Crippen LogP contribution in [-0.2, 0) is 27.9 Å². The highest BCUT2D eigenvalue weighted by atomic mass is 32.2. The van der Waals surface area contributed by atoms with Crippen molar-refractivity contribution >= 4 is 21.1 Å². The average Bonchev–Trinajstić information content (AvgIpc) is 3.37. The molecule has 0 unspecified atom stereocenters. The number of ether oxygens (including phenoxy) is 1. The number of aryl methyl sites for hydroxylation is 1. The van der Waals surface area contributed by atoms with Gasteiger partial charge in [0.25, 0.3) is 0 Å². The first-order chi connectivity index (χ1) is 14.1. The lowest BCUT2D eigenvalue weighted by Crippen LogP contribution is -2.40. The van der Waals surface area contributed by atoms with Crippen LogP contribution in [0.5, 0.6) is 0 Å². The summed E-state index contributed by atoms with van der Waals surface area (Å²) in [6, 6.07) is 4.65. The predicted octanol–water partition coefficient (Wildman–Crippen LogP) is -0.132. The van der Waals surface area contributed by atoms with Crippen LogP contribution in [0.1, 0.15) is 25.6 Å². The van der Waals surface area contributed by atoms with Gasteiger partial charge in [0.05, 0.1) is 18.1 Å². The van der Waals surface area contributed by atoms with Crippen LogP contribution in [0.2, 0.25) is 0 Å². The number of morpholine rings is 1. The number of rotatable bonds is 8. The second-order valence-corrected chi connectivity index (χ2v) is 8.51. The van der Waals surface area contributed by atoms with Crippen LogP contribution in [0, 0.1) is 0 Å². The van der Waals surface area contributed by atoms with Crippen LogP contribution in [-0.4, -0.2) is 74.4 Å². The lowest BCUT2D eigenvalue weighted by molar-refractivity contribution is 0.0682. The summed E-state index contributed by atoms with van der Waals surface area (Å²) in [5.74, 6) is 0.555. The van der Waals surface area contributed by atoms with Gasteiger partial charge in [0.2, 0.25) is 10.0 Å². The third-order valence-electron chi connectivity index (χ3n) is 4.64. The number of tetrazole rings is 1. The molecule has 0 N–H and O–H groups in total. The molecule has 3 aromatic rings. The SMILES string of the molecule is CCCCn1nnnc1COn1nnc2ccc(S(=O)(=O)N3CCOCC3)cc21. The molecule has 0 spiro atoms. The summed E-state index contributed by atoms with van der Waals surface area (Å²) in [6.07, 6.45) is 1.97. The Morgan fingerprint density at radius 2 is 2.00 bits per heavy atom. The fraction of sp³-hybridized carbons (Fsp3) is 0.562. The molecule has 0 atom stereocenters. The molecule has 0 amide bonds. The molecule has 1 saturated heterocycles. The first kappa shape index (κ1) is 19.7. The number of nitrogens with zero attached hydrogens (tertiary/aromatic N) is 8. The summed E-state index contributed by atoms with van der Waals surface area (Å²) in [5, 5.41) is 19.6. The maximum atomic E-state index is 12.9. The van der Waals surface area contributed by atoms with Crippen molar-refractivity contribution in [2.45, 2.75) is 37.8 Å². The molecule has 13 heteroatoms. The fourth-order valence-electron chi connectivity index (χ4n) is 3.00. The molecule has 29 heavy (non-hydrogen) atoms. The first-order valence-electron chi connectivity index (χ1n) is 9.41. The highest BCUT2D eigenvalue weighted by molar-refractivity contribution is 7.89. The molecule has 1 fully saturated rings. The van der Waals surface area contributed by atoms with Crippen LogP contribution < -0.4 is 4.84 Å². The van der Waals surface area contributed by atoms with E-state index < -0.39 is 10.0 Å². The average molecular weight is 422 g/mol. The van der Waals surface area contributed by atoms with E-state index in [2.05, 4.69) is 32.8 Å². The van der Waals surface area contributed by atoms with Crippen molar-refractivity contribution in [3.63, 3.8) is 0 Å². The fourth-order valence-corrected chi connectivity index (χ4v) is 4.43. The molecule has 1 aromatic carbocycles. The standard InChI is InChI=1S/C16H22N8O4S/c1-2-3-6-23-16(18-19-21-23)12-28-24-15-11-13(4-5-14(15)17-20-24)29(25,26)22-7-9-27-10-8-22/h4-5,11H,2-3,6-10,12H2,1H3. The van der Waals surface area contributed by atoms with E-state index in [-0.39, 0.29) is 11.5 Å². The molecule has 0 bridgehead atoms. The predicted molar refractivity (Wildman–Crippen MR) is 100 cm³/mol. The van der Waals surface area contributed by atoms with Gasteiger partial charge in [-0.15, -0.1) is 10.2 Å². The second kappa shape index (κ2) is 8.39. The largest absolute Gasteiger partial charge is 0.387 e. The Bertz CT molecular complexity index is 1070. The smallest absolute Gasteiger partial charge is 0.243 e. The monoisotopic (exact) mass is 422 g/mol. The van der Waals surface area contributed by atoms with E-state index in [1.807, 2.05) is 0 Å². The number of aromatic nitrogens is 7. The third-order valence-corrected chi connectivity index (χ3v) is 6.53. The molecule has 2 aromatic heterocycles. The molecular formula is C16H22N8O4S. The Morgan fingerprint density at radius 1 is 1.17 bits per heavy atom. The number of hydrogen-bond acceptors (Lipinski definition) is 9. The van der Waals surface area contributed by atoms with Crippen molar-refractivity contribution in [2.75, 3.05) is 26.3 Å². The minimum absolute atomic E-state index is 0.0790. The van der Waals surface area contributed by atoms with Crippen LogP contribution in [0.15, 0.2) is 23.1 Å². The molecule has 0 aliphatic carbocycles. The molecule has 156 valence electrons. The third kappa shape index (κ3) is 4.06. The quantitative estimate of drug-likeness (QED) is 0.487. The van der Waals surface area contributed by atoms with E-state index in [1.54, 1.807) is 10.7 Å². The van der Waals surface area contributed by atoms with Gasteiger partial charge in [-0.05, 0) is 40.3 Å². The van der Waals surface area contributed by atoms with Gasteiger partial charge in [0, 0.05) is 19.6 Å². The van der Waals surface area contributed by atoms with E-state index >= 15 is 0 Å². The van der Waals surface area contributed by atoms with Crippen LogP contribution in [0.4, 0.5) is 0 Å².